The molecular formula is C9H16N4O. The second-order valence-corrected chi connectivity index (χ2v) is 3.59. The second kappa shape index (κ2) is 4.52. The zero-order valence-electron chi connectivity index (χ0n) is 8.49. The summed E-state index contributed by atoms with van der Waals surface area (Å²) in [5, 5.41) is 11.2. The van der Waals surface area contributed by atoms with E-state index in [9.17, 15) is 0 Å². The van der Waals surface area contributed by atoms with E-state index >= 15 is 0 Å². The fraction of sp³-hybridized carbons (Fsp3) is 0.778. The molecule has 1 aliphatic rings. The molecule has 0 aromatic carbocycles. The normalized spacial score (nSPS) is 19.5. The molecule has 1 aromatic heterocycles. The summed E-state index contributed by atoms with van der Waals surface area (Å²) in [7, 11) is 0. The predicted molar refractivity (Wildman–Crippen MR) is 51.8 cm³/mol. The van der Waals surface area contributed by atoms with Crippen LogP contribution in [0.2, 0.25) is 0 Å². The van der Waals surface area contributed by atoms with E-state index in [2.05, 4.69) is 20.4 Å². The Kier molecular flexibility index (Phi) is 3.10. The third-order valence-electron chi connectivity index (χ3n) is 2.36. The fourth-order valence-electron chi connectivity index (χ4n) is 1.65. The molecule has 0 bridgehead atoms. The van der Waals surface area contributed by atoms with Crippen LogP contribution >= 0.6 is 0 Å². The van der Waals surface area contributed by atoms with Crippen LogP contribution in [0.4, 0.5) is 0 Å². The van der Waals surface area contributed by atoms with Crippen LogP contribution in [0.5, 0.6) is 0 Å². The van der Waals surface area contributed by atoms with Gasteiger partial charge in [-0.3, -0.25) is 4.90 Å². The van der Waals surface area contributed by atoms with Gasteiger partial charge in [0.05, 0.1) is 6.54 Å². The minimum absolute atomic E-state index is 0.646. The van der Waals surface area contributed by atoms with Gasteiger partial charge in [-0.15, -0.1) is 10.2 Å². The van der Waals surface area contributed by atoms with E-state index in [0.717, 1.165) is 38.6 Å². The number of aromatic nitrogens is 2. The lowest BCUT2D eigenvalue weighted by Gasteiger charge is -2.16. The van der Waals surface area contributed by atoms with Crippen LogP contribution in [0.1, 0.15) is 18.2 Å². The van der Waals surface area contributed by atoms with Crippen molar-refractivity contribution in [3.8, 4) is 0 Å². The highest BCUT2D eigenvalue weighted by atomic mass is 16.4. The van der Waals surface area contributed by atoms with E-state index < -0.39 is 0 Å². The van der Waals surface area contributed by atoms with E-state index in [0.29, 0.717) is 5.89 Å². The molecule has 1 fully saturated rings. The van der Waals surface area contributed by atoms with Gasteiger partial charge in [-0.1, -0.05) is 0 Å². The molecule has 0 radical (unpaired) electrons. The smallest absolute Gasteiger partial charge is 0.230 e. The molecule has 0 unspecified atom stereocenters. The monoisotopic (exact) mass is 196 g/mol. The summed E-state index contributed by atoms with van der Waals surface area (Å²) >= 11 is 0. The largest absolute Gasteiger partial charge is 0.424 e. The van der Waals surface area contributed by atoms with Gasteiger partial charge < -0.3 is 9.73 Å². The van der Waals surface area contributed by atoms with Gasteiger partial charge in [0.15, 0.2) is 0 Å². The van der Waals surface area contributed by atoms with Crippen LogP contribution < -0.4 is 5.32 Å². The molecule has 1 N–H and O–H groups in total. The van der Waals surface area contributed by atoms with Gasteiger partial charge in [0.2, 0.25) is 11.8 Å². The fourth-order valence-corrected chi connectivity index (χ4v) is 1.65. The molecule has 5 heteroatoms. The van der Waals surface area contributed by atoms with Crippen LogP contribution in [-0.4, -0.2) is 41.3 Å². The van der Waals surface area contributed by atoms with Gasteiger partial charge in [-0.05, 0) is 19.5 Å². The molecule has 1 aromatic rings. The topological polar surface area (TPSA) is 54.2 Å². The molecule has 1 saturated heterocycles. The van der Waals surface area contributed by atoms with E-state index in [1.54, 1.807) is 0 Å². The van der Waals surface area contributed by atoms with Crippen molar-refractivity contribution in [1.82, 2.24) is 20.4 Å². The maximum atomic E-state index is 5.34. The van der Waals surface area contributed by atoms with Crippen LogP contribution in [0.15, 0.2) is 4.42 Å². The highest BCUT2D eigenvalue weighted by Crippen LogP contribution is 2.04. The van der Waals surface area contributed by atoms with E-state index in [-0.39, 0.29) is 0 Å². The minimum Gasteiger partial charge on any atom is -0.424 e. The third kappa shape index (κ3) is 2.52. The zero-order chi connectivity index (χ0) is 9.80. The van der Waals surface area contributed by atoms with Crippen molar-refractivity contribution >= 4 is 0 Å². The maximum Gasteiger partial charge on any atom is 0.230 e. The summed E-state index contributed by atoms with van der Waals surface area (Å²) < 4.78 is 5.34. The number of hydrogen-bond donors (Lipinski definition) is 1. The lowest BCUT2D eigenvalue weighted by Crippen LogP contribution is -2.27. The number of nitrogens with one attached hydrogen (secondary N) is 1. The molecule has 1 aliphatic heterocycles. The summed E-state index contributed by atoms with van der Waals surface area (Å²) in [5.41, 5.74) is 0. The molecule has 14 heavy (non-hydrogen) atoms. The van der Waals surface area contributed by atoms with Crippen molar-refractivity contribution in [2.24, 2.45) is 0 Å². The van der Waals surface area contributed by atoms with Crippen LogP contribution in [0.3, 0.4) is 0 Å². The first-order chi connectivity index (χ1) is 6.84. The second-order valence-electron chi connectivity index (χ2n) is 3.59. The van der Waals surface area contributed by atoms with Crippen LogP contribution in [0, 0.1) is 6.92 Å². The van der Waals surface area contributed by atoms with Crippen molar-refractivity contribution in [3.63, 3.8) is 0 Å². The average molecular weight is 196 g/mol. The Hall–Kier alpha value is -0.940. The van der Waals surface area contributed by atoms with Gasteiger partial charge >= 0.3 is 0 Å². The molecule has 2 heterocycles. The van der Waals surface area contributed by atoms with Crippen LogP contribution in [0.25, 0.3) is 0 Å². The van der Waals surface area contributed by atoms with Crippen molar-refractivity contribution < 1.29 is 4.42 Å². The van der Waals surface area contributed by atoms with E-state index in [4.69, 9.17) is 4.42 Å². The lowest BCUT2D eigenvalue weighted by molar-refractivity contribution is 0.252. The molecule has 2 rings (SSSR count). The zero-order valence-corrected chi connectivity index (χ0v) is 8.49. The lowest BCUT2D eigenvalue weighted by atomic mass is 10.4. The third-order valence-corrected chi connectivity index (χ3v) is 2.36. The quantitative estimate of drug-likeness (QED) is 0.731. The van der Waals surface area contributed by atoms with Crippen molar-refractivity contribution in [2.45, 2.75) is 19.9 Å². The van der Waals surface area contributed by atoms with Gasteiger partial charge in [-0.25, -0.2) is 0 Å². The van der Waals surface area contributed by atoms with E-state index in [1.807, 2.05) is 6.92 Å². The standard InChI is InChI=1S/C9H16N4O/c1-8-11-12-9(14-8)7-13-5-2-3-10-4-6-13/h10H,2-7H2,1H3. The van der Waals surface area contributed by atoms with Gasteiger partial charge in [0.25, 0.3) is 0 Å². The Morgan fingerprint density at radius 2 is 2.29 bits per heavy atom. The average Bonchev–Trinajstić information content (AvgIpc) is 2.43. The van der Waals surface area contributed by atoms with E-state index in [1.165, 1.54) is 6.42 Å². The van der Waals surface area contributed by atoms with Crippen molar-refractivity contribution in [2.75, 3.05) is 26.2 Å². The summed E-state index contributed by atoms with van der Waals surface area (Å²) in [5.74, 6) is 1.37. The Balaban J connectivity index is 1.89. The summed E-state index contributed by atoms with van der Waals surface area (Å²) in [6, 6.07) is 0. The molecule has 0 aliphatic carbocycles. The molecule has 0 spiro atoms. The highest BCUT2D eigenvalue weighted by Gasteiger charge is 2.11. The molecule has 0 atom stereocenters. The Labute approximate surface area is 83.5 Å². The first kappa shape index (κ1) is 9.61. The summed E-state index contributed by atoms with van der Waals surface area (Å²) in [6.07, 6.45) is 1.19. The Morgan fingerprint density at radius 1 is 1.36 bits per heavy atom. The van der Waals surface area contributed by atoms with Crippen molar-refractivity contribution in [3.05, 3.63) is 11.8 Å². The van der Waals surface area contributed by atoms with Crippen molar-refractivity contribution in [1.29, 1.82) is 0 Å². The number of nitrogens with zero attached hydrogens (tertiary/aromatic N) is 3. The van der Waals surface area contributed by atoms with Gasteiger partial charge in [0, 0.05) is 20.0 Å². The molecule has 0 amide bonds. The Morgan fingerprint density at radius 3 is 3.07 bits per heavy atom. The Bertz CT molecular complexity index is 278. The number of rotatable bonds is 2. The first-order valence-corrected chi connectivity index (χ1v) is 5.06. The maximum absolute atomic E-state index is 5.34. The minimum atomic E-state index is 0.646. The van der Waals surface area contributed by atoms with Gasteiger partial charge in [-0.2, -0.15) is 0 Å². The predicted octanol–water partition coefficient (Wildman–Crippen LogP) is 0.173. The molecule has 5 nitrogen and oxygen atoms in total. The molecular weight excluding hydrogens is 180 g/mol. The van der Waals surface area contributed by atoms with Gasteiger partial charge in [0.1, 0.15) is 0 Å². The molecule has 78 valence electrons. The first-order valence-electron chi connectivity index (χ1n) is 5.06. The van der Waals surface area contributed by atoms with Crippen LogP contribution in [-0.2, 0) is 6.54 Å². The summed E-state index contributed by atoms with van der Waals surface area (Å²) in [4.78, 5) is 2.34. The number of aryl methyl sites for hydroxylation is 1. The number of hydrogen-bond acceptors (Lipinski definition) is 5. The SMILES string of the molecule is Cc1nnc(CN2CCCNCC2)o1. The summed E-state index contributed by atoms with van der Waals surface area (Å²) in [6.45, 7) is 6.92. The highest BCUT2D eigenvalue weighted by molar-refractivity contribution is 4.80. The molecule has 0 saturated carbocycles.